The third kappa shape index (κ3) is 5.09. The molecule has 2 N–H and O–H groups in total. The molecule has 3 rings (SSSR count). The molecule has 0 aliphatic rings. The molecule has 0 saturated carbocycles. The number of aryl methyl sites for hydroxylation is 1. The Morgan fingerprint density at radius 1 is 1.24 bits per heavy atom. The number of nitro groups is 1. The van der Waals surface area contributed by atoms with E-state index in [0.717, 1.165) is 6.07 Å². The molecule has 29 heavy (non-hydrogen) atoms. The molecule has 0 aliphatic carbocycles. The van der Waals surface area contributed by atoms with Crippen molar-refractivity contribution in [2.24, 2.45) is 12.1 Å². The van der Waals surface area contributed by atoms with Crippen LogP contribution in [0.2, 0.25) is 5.02 Å². The SMILES string of the molecule is Cn1cc(/C=N\Nc2ccc(S(=O)(=O)Nc3ccc(Cl)cc3)cc2[N+](=O)[O-])cn1. The van der Waals surface area contributed by atoms with Crippen LogP contribution in [0.3, 0.4) is 0 Å². The zero-order chi connectivity index (χ0) is 21.0. The van der Waals surface area contributed by atoms with Crippen LogP contribution in [0, 0.1) is 10.1 Å². The van der Waals surface area contributed by atoms with E-state index < -0.39 is 20.6 Å². The molecule has 3 aromatic rings. The number of sulfonamides is 1. The number of benzene rings is 2. The lowest BCUT2D eigenvalue weighted by molar-refractivity contribution is -0.384. The Hall–Kier alpha value is -3.44. The molecule has 0 saturated heterocycles. The van der Waals surface area contributed by atoms with Crippen molar-refractivity contribution in [1.29, 1.82) is 0 Å². The van der Waals surface area contributed by atoms with Crippen LogP contribution in [0.1, 0.15) is 5.56 Å². The molecule has 0 fully saturated rings. The maximum Gasteiger partial charge on any atom is 0.295 e. The number of nitrogens with one attached hydrogen (secondary N) is 2. The van der Waals surface area contributed by atoms with Gasteiger partial charge in [-0.05, 0) is 36.4 Å². The van der Waals surface area contributed by atoms with Gasteiger partial charge in [0.25, 0.3) is 15.7 Å². The van der Waals surface area contributed by atoms with Gasteiger partial charge in [-0.1, -0.05) is 11.6 Å². The molecule has 0 radical (unpaired) electrons. The summed E-state index contributed by atoms with van der Waals surface area (Å²) in [6.07, 6.45) is 4.71. The molecule has 0 atom stereocenters. The molecule has 150 valence electrons. The van der Waals surface area contributed by atoms with Crippen molar-refractivity contribution in [3.05, 3.63) is 75.6 Å². The minimum Gasteiger partial charge on any atom is -0.280 e. The van der Waals surface area contributed by atoms with Crippen molar-refractivity contribution in [2.75, 3.05) is 10.1 Å². The van der Waals surface area contributed by atoms with E-state index in [9.17, 15) is 18.5 Å². The molecule has 1 aromatic heterocycles. The quantitative estimate of drug-likeness (QED) is 0.333. The Bertz CT molecular complexity index is 1170. The first-order valence-corrected chi connectivity index (χ1v) is 9.95. The highest BCUT2D eigenvalue weighted by Crippen LogP contribution is 2.28. The normalized spacial score (nSPS) is 11.5. The largest absolute Gasteiger partial charge is 0.295 e. The summed E-state index contributed by atoms with van der Waals surface area (Å²) in [5.74, 6) is 0. The minimum atomic E-state index is -4.03. The van der Waals surface area contributed by atoms with Gasteiger partial charge < -0.3 is 0 Å². The van der Waals surface area contributed by atoms with Crippen molar-refractivity contribution in [3.8, 4) is 0 Å². The fraction of sp³-hybridized carbons (Fsp3) is 0.0588. The van der Waals surface area contributed by atoms with E-state index in [1.165, 1.54) is 42.6 Å². The van der Waals surface area contributed by atoms with E-state index in [1.54, 1.807) is 24.1 Å². The van der Waals surface area contributed by atoms with Crippen molar-refractivity contribution in [2.45, 2.75) is 4.90 Å². The standard InChI is InChI=1S/C17H15ClN6O4S/c1-23-11-12(10-20-23)9-19-21-16-7-6-15(8-17(16)24(25)26)29(27,28)22-14-4-2-13(18)3-5-14/h2-11,21-22H,1H3/b19-9-. The average Bonchev–Trinajstić information content (AvgIpc) is 3.08. The number of anilines is 2. The third-order valence-electron chi connectivity index (χ3n) is 3.70. The first-order chi connectivity index (χ1) is 13.7. The van der Waals surface area contributed by atoms with Gasteiger partial charge in [-0.25, -0.2) is 8.42 Å². The number of rotatable bonds is 7. The molecule has 0 bridgehead atoms. The van der Waals surface area contributed by atoms with Crippen LogP contribution in [0.25, 0.3) is 0 Å². The lowest BCUT2D eigenvalue weighted by Gasteiger charge is -2.09. The zero-order valence-corrected chi connectivity index (χ0v) is 16.6. The third-order valence-corrected chi connectivity index (χ3v) is 5.33. The van der Waals surface area contributed by atoms with E-state index in [1.807, 2.05) is 0 Å². The number of hydrogen-bond acceptors (Lipinski definition) is 7. The van der Waals surface area contributed by atoms with Gasteiger partial charge in [0.05, 0.1) is 22.2 Å². The van der Waals surface area contributed by atoms with Gasteiger partial charge in [0.1, 0.15) is 5.69 Å². The second-order valence-corrected chi connectivity index (χ2v) is 7.98. The Kier molecular flexibility index (Phi) is 5.80. The lowest BCUT2D eigenvalue weighted by atomic mass is 10.3. The lowest BCUT2D eigenvalue weighted by Crippen LogP contribution is -2.13. The Balaban J connectivity index is 1.83. The average molecular weight is 435 g/mol. The fourth-order valence-corrected chi connectivity index (χ4v) is 3.54. The van der Waals surface area contributed by atoms with Crippen LogP contribution < -0.4 is 10.1 Å². The van der Waals surface area contributed by atoms with Crippen LogP contribution >= 0.6 is 11.6 Å². The van der Waals surface area contributed by atoms with Crippen LogP contribution in [0.5, 0.6) is 0 Å². The molecule has 0 spiro atoms. The Morgan fingerprint density at radius 2 is 1.97 bits per heavy atom. The van der Waals surface area contributed by atoms with Crippen molar-refractivity contribution in [1.82, 2.24) is 9.78 Å². The predicted octanol–water partition coefficient (Wildman–Crippen LogP) is 3.23. The molecule has 10 nitrogen and oxygen atoms in total. The van der Waals surface area contributed by atoms with Crippen molar-refractivity contribution < 1.29 is 13.3 Å². The number of nitrogens with zero attached hydrogens (tertiary/aromatic N) is 4. The highest BCUT2D eigenvalue weighted by molar-refractivity contribution is 7.92. The fourth-order valence-electron chi connectivity index (χ4n) is 2.34. The number of aromatic nitrogens is 2. The molecule has 0 amide bonds. The zero-order valence-electron chi connectivity index (χ0n) is 15.0. The Labute approximate surface area is 171 Å². The molecule has 1 heterocycles. The molecule has 0 unspecified atom stereocenters. The first-order valence-electron chi connectivity index (χ1n) is 8.09. The summed E-state index contributed by atoms with van der Waals surface area (Å²) < 4.78 is 29.0. The van der Waals surface area contributed by atoms with E-state index in [4.69, 9.17) is 11.6 Å². The highest BCUT2D eigenvalue weighted by atomic mass is 35.5. The van der Waals surface area contributed by atoms with E-state index >= 15 is 0 Å². The van der Waals surface area contributed by atoms with Gasteiger partial charge in [0.15, 0.2) is 0 Å². The molecular weight excluding hydrogens is 420 g/mol. The van der Waals surface area contributed by atoms with Crippen molar-refractivity contribution in [3.63, 3.8) is 0 Å². The summed E-state index contributed by atoms with van der Waals surface area (Å²) in [4.78, 5) is 10.4. The molecule has 2 aromatic carbocycles. The predicted molar refractivity (Wildman–Crippen MR) is 110 cm³/mol. The van der Waals surface area contributed by atoms with Gasteiger partial charge in [-0.2, -0.15) is 10.2 Å². The van der Waals surface area contributed by atoms with Crippen LogP contribution in [0.15, 0.2) is 64.9 Å². The number of halogens is 1. The molecule has 0 aliphatic heterocycles. The number of nitro benzene ring substituents is 1. The summed E-state index contributed by atoms with van der Waals surface area (Å²) in [6, 6.07) is 9.49. The van der Waals surface area contributed by atoms with E-state index in [2.05, 4.69) is 20.3 Å². The second kappa shape index (κ2) is 8.29. The summed E-state index contributed by atoms with van der Waals surface area (Å²) >= 11 is 5.78. The first kappa shape index (κ1) is 20.3. The monoisotopic (exact) mass is 434 g/mol. The number of hydrazone groups is 1. The minimum absolute atomic E-state index is 0.0422. The number of hydrogen-bond donors (Lipinski definition) is 2. The van der Waals surface area contributed by atoms with Gasteiger partial charge in [-0.3, -0.25) is 24.9 Å². The van der Waals surface area contributed by atoms with Crippen LogP contribution in [-0.4, -0.2) is 29.3 Å². The summed E-state index contributed by atoms with van der Waals surface area (Å²) in [5.41, 5.74) is 3.12. The molecule has 12 heteroatoms. The Morgan fingerprint density at radius 3 is 2.59 bits per heavy atom. The summed E-state index contributed by atoms with van der Waals surface area (Å²) in [5, 5.41) is 19.8. The van der Waals surface area contributed by atoms with Gasteiger partial charge in [0, 0.05) is 35.6 Å². The van der Waals surface area contributed by atoms with Crippen LogP contribution in [-0.2, 0) is 17.1 Å². The van der Waals surface area contributed by atoms with Gasteiger partial charge in [-0.15, -0.1) is 0 Å². The summed E-state index contributed by atoms with van der Waals surface area (Å²) in [7, 11) is -2.29. The van der Waals surface area contributed by atoms with Gasteiger partial charge >= 0.3 is 0 Å². The second-order valence-electron chi connectivity index (χ2n) is 5.87. The van der Waals surface area contributed by atoms with Crippen molar-refractivity contribution >= 4 is 44.9 Å². The highest BCUT2D eigenvalue weighted by Gasteiger charge is 2.21. The summed E-state index contributed by atoms with van der Waals surface area (Å²) in [6.45, 7) is 0. The maximum atomic E-state index is 12.5. The van der Waals surface area contributed by atoms with E-state index in [0.29, 0.717) is 10.6 Å². The smallest absolute Gasteiger partial charge is 0.280 e. The maximum absolute atomic E-state index is 12.5. The van der Waals surface area contributed by atoms with E-state index in [-0.39, 0.29) is 16.3 Å². The van der Waals surface area contributed by atoms with Crippen LogP contribution in [0.4, 0.5) is 17.1 Å². The van der Waals surface area contributed by atoms with Gasteiger partial charge in [0.2, 0.25) is 0 Å². The molecular formula is C17H15ClN6O4S. The topological polar surface area (TPSA) is 132 Å².